The molecular weight excluding hydrogens is 475 g/mol. The van der Waals surface area contributed by atoms with Crippen molar-refractivity contribution < 1.29 is 32.7 Å². The number of rotatable bonds is 6. The SMILES string of the molecule is CC1CCC(C)N1C(=O)c1ccc([C@@H](C)NC(=O)C2(NC(=O)c3cc(O)cc(F)c3F)CC2)c(F)c1. The van der Waals surface area contributed by atoms with E-state index in [9.17, 15) is 32.7 Å². The second-order valence-electron chi connectivity index (χ2n) is 9.74. The molecule has 1 saturated carbocycles. The van der Waals surface area contributed by atoms with E-state index in [0.717, 1.165) is 25.0 Å². The van der Waals surface area contributed by atoms with Gasteiger partial charge < -0.3 is 20.6 Å². The molecular formula is C26H28F3N3O4. The van der Waals surface area contributed by atoms with Gasteiger partial charge in [-0.25, -0.2) is 13.2 Å². The number of nitrogens with zero attached hydrogens (tertiary/aromatic N) is 1. The number of hydrogen-bond donors (Lipinski definition) is 3. The molecule has 3 N–H and O–H groups in total. The van der Waals surface area contributed by atoms with Crippen molar-refractivity contribution in [3.8, 4) is 5.75 Å². The topological polar surface area (TPSA) is 98.7 Å². The number of phenolic OH excluding ortho intramolecular Hbond substituents is 1. The summed E-state index contributed by atoms with van der Waals surface area (Å²) in [7, 11) is 0. The molecule has 4 rings (SSSR count). The van der Waals surface area contributed by atoms with E-state index in [-0.39, 0.29) is 42.0 Å². The lowest BCUT2D eigenvalue weighted by Gasteiger charge is -2.27. The normalized spacial score (nSPS) is 21.1. The maximum Gasteiger partial charge on any atom is 0.255 e. The number of carbonyl (C=O) groups is 3. The van der Waals surface area contributed by atoms with Crippen LogP contribution in [0.2, 0.25) is 0 Å². The molecule has 0 radical (unpaired) electrons. The predicted octanol–water partition coefficient (Wildman–Crippen LogP) is 3.96. The lowest BCUT2D eigenvalue weighted by molar-refractivity contribution is -0.124. The van der Waals surface area contributed by atoms with Crippen LogP contribution in [0.5, 0.6) is 5.75 Å². The Hall–Kier alpha value is -3.56. The van der Waals surface area contributed by atoms with Crippen LogP contribution in [-0.2, 0) is 4.79 Å². The molecule has 1 aliphatic carbocycles. The van der Waals surface area contributed by atoms with Crippen LogP contribution in [0.15, 0.2) is 30.3 Å². The minimum atomic E-state index is -1.44. The number of likely N-dealkylation sites (tertiary alicyclic amines) is 1. The maximum absolute atomic E-state index is 15.0. The van der Waals surface area contributed by atoms with Gasteiger partial charge in [-0.3, -0.25) is 14.4 Å². The Morgan fingerprint density at radius 2 is 1.67 bits per heavy atom. The van der Waals surface area contributed by atoms with Gasteiger partial charge in [0.1, 0.15) is 17.1 Å². The molecule has 0 spiro atoms. The van der Waals surface area contributed by atoms with Gasteiger partial charge in [-0.2, -0.15) is 0 Å². The third kappa shape index (κ3) is 4.76. The van der Waals surface area contributed by atoms with E-state index in [0.29, 0.717) is 6.07 Å². The second kappa shape index (κ2) is 9.48. The molecule has 2 aromatic carbocycles. The zero-order chi connectivity index (χ0) is 26.4. The molecule has 7 nitrogen and oxygen atoms in total. The first-order chi connectivity index (χ1) is 16.9. The minimum absolute atomic E-state index is 0.0724. The summed E-state index contributed by atoms with van der Waals surface area (Å²) in [5.41, 5.74) is -1.70. The third-order valence-electron chi connectivity index (χ3n) is 7.04. The summed E-state index contributed by atoms with van der Waals surface area (Å²) in [5.74, 6) is -6.03. The summed E-state index contributed by atoms with van der Waals surface area (Å²) in [5, 5.41) is 14.5. The number of nitrogens with one attached hydrogen (secondary N) is 2. The fourth-order valence-electron chi connectivity index (χ4n) is 4.73. The zero-order valence-electron chi connectivity index (χ0n) is 20.2. The Labute approximate surface area is 206 Å². The molecule has 10 heteroatoms. The highest BCUT2D eigenvalue weighted by Crippen LogP contribution is 2.37. The van der Waals surface area contributed by atoms with Gasteiger partial charge in [0.25, 0.3) is 11.8 Å². The monoisotopic (exact) mass is 503 g/mol. The summed E-state index contributed by atoms with van der Waals surface area (Å²) in [4.78, 5) is 40.0. The third-order valence-corrected chi connectivity index (χ3v) is 7.04. The smallest absolute Gasteiger partial charge is 0.255 e. The van der Waals surface area contributed by atoms with Gasteiger partial charge in [-0.1, -0.05) is 6.07 Å². The van der Waals surface area contributed by atoms with Gasteiger partial charge in [0.2, 0.25) is 5.91 Å². The molecule has 2 aromatic rings. The first kappa shape index (κ1) is 25.5. The van der Waals surface area contributed by atoms with Crippen molar-refractivity contribution in [3.63, 3.8) is 0 Å². The van der Waals surface area contributed by atoms with E-state index < -0.39 is 52.2 Å². The first-order valence-corrected chi connectivity index (χ1v) is 11.9. The average molecular weight is 504 g/mol. The number of carbonyl (C=O) groups excluding carboxylic acids is 3. The zero-order valence-corrected chi connectivity index (χ0v) is 20.2. The predicted molar refractivity (Wildman–Crippen MR) is 125 cm³/mol. The molecule has 3 amide bonds. The summed E-state index contributed by atoms with van der Waals surface area (Å²) in [6.07, 6.45) is 2.29. The summed E-state index contributed by atoms with van der Waals surface area (Å²) in [6, 6.07) is 4.78. The van der Waals surface area contributed by atoms with E-state index in [1.807, 2.05) is 13.8 Å². The standard InChI is InChI=1S/C26H28F3N3O4/c1-13-4-5-14(2)32(13)24(35)16-6-7-18(20(27)10-16)15(3)30-25(36)26(8-9-26)31-23(34)19-11-17(33)12-21(28)22(19)29/h6-7,10-15,33H,4-5,8-9H2,1-3H3,(H,30,36)(H,31,34)/t13?,14?,15-/m1/s1. The highest BCUT2D eigenvalue weighted by Gasteiger charge is 2.52. The molecule has 0 aromatic heterocycles. The second-order valence-corrected chi connectivity index (χ2v) is 9.74. The Kier molecular flexibility index (Phi) is 6.72. The largest absolute Gasteiger partial charge is 0.508 e. The number of phenols is 1. The van der Waals surface area contributed by atoms with Crippen LogP contribution < -0.4 is 10.6 Å². The van der Waals surface area contributed by atoms with Crippen molar-refractivity contribution in [1.82, 2.24) is 15.5 Å². The number of benzene rings is 2. The fraction of sp³-hybridized carbons (Fsp3) is 0.423. The Morgan fingerprint density at radius 3 is 2.25 bits per heavy atom. The molecule has 2 fully saturated rings. The van der Waals surface area contributed by atoms with Crippen LogP contribution in [0.1, 0.15) is 78.8 Å². The van der Waals surface area contributed by atoms with Gasteiger partial charge >= 0.3 is 0 Å². The van der Waals surface area contributed by atoms with E-state index in [2.05, 4.69) is 10.6 Å². The van der Waals surface area contributed by atoms with Gasteiger partial charge in [-0.05, 0) is 64.7 Å². The molecule has 1 heterocycles. The van der Waals surface area contributed by atoms with Gasteiger partial charge in [0, 0.05) is 29.3 Å². The van der Waals surface area contributed by atoms with Crippen LogP contribution in [0.3, 0.4) is 0 Å². The highest BCUT2D eigenvalue weighted by atomic mass is 19.2. The number of hydrogen-bond acceptors (Lipinski definition) is 4. The van der Waals surface area contributed by atoms with Crippen LogP contribution in [0.4, 0.5) is 13.2 Å². The van der Waals surface area contributed by atoms with Crippen molar-refractivity contribution in [3.05, 3.63) is 64.5 Å². The lowest BCUT2D eigenvalue weighted by atomic mass is 10.0. The van der Waals surface area contributed by atoms with Crippen molar-refractivity contribution >= 4 is 17.7 Å². The maximum atomic E-state index is 15.0. The Morgan fingerprint density at radius 1 is 1.03 bits per heavy atom. The molecule has 1 saturated heterocycles. The minimum Gasteiger partial charge on any atom is -0.508 e. The van der Waals surface area contributed by atoms with E-state index in [1.54, 1.807) is 11.8 Å². The lowest BCUT2D eigenvalue weighted by Crippen LogP contribution is -2.49. The van der Waals surface area contributed by atoms with Gasteiger partial charge in [0.05, 0.1) is 11.6 Å². The van der Waals surface area contributed by atoms with E-state index in [4.69, 9.17) is 0 Å². The Bertz CT molecular complexity index is 1220. The van der Waals surface area contributed by atoms with Crippen molar-refractivity contribution in [2.75, 3.05) is 0 Å². The molecule has 2 aliphatic rings. The van der Waals surface area contributed by atoms with Gasteiger partial charge in [-0.15, -0.1) is 0 Å². The molecule has 0 bridgehead atoms. The Balaban J connectivity index is 1.44. The molecule has 1 aliphatic heterocycles. The van der Waals surface area contributed by atoms with Gasteiger partial charge in [0.15, 0.2) is 11.6 Å². The van der Waals surface area contributed by atoms with E-state index >= 15 is 0 Å². The molecule has 192 valence electrons. The number of amides is 3. The quantitative estimate of drug-likeness (QED) is 0.556. The van der Waals surface area contributed by atoms with Crippen molar-refractivity contribution in [2.24, 2.45) is 0 Å². The summed E-state index contributed by atoms with van der Waals surface area (Å²) in [6.45, 7) is 5.48. The van der Waals surface area contributed by atoms with Crippen LogP contribution in [0, 0.1) is 17.5 Å². The van der Waals surface area contributed by atoms with E-state index in [1.165, 1.54) is 12.1 Å². The molecule has 2 unspecified atom stereocenters. The summed E-state index contributed by atoms with van der Waals surface area (Å²) >= 11 is 0. The summed E-state index contributed by atoms with van der Waals surface area (Å²) < 4.78 is 42.5. The molecule has 3 atom stereocenters. The fourth-order valence-corrected chi connectivity index (χ4v) is 4.73. The van der Waals surface area contributed by atoms with Crippen LogP contribution >= 0.6 is 0 Å². The van der Waals surface area contributed by atoms with Crippen LogP contribution in [-0.4, -0.2) is 45.4 Å². The highest BCUT2D eigenvalue weighted by molar-refractivity contribution is 6.01. The average Bonchev–Trinajstić information content (AvgIpc) is 3.52. The first-order valence-electron chi connectivity index (χ1n) is 11.9. The van der Waals surface area contributed by atoms with Crippen molar-refractivity contribution in [2.45, 2.75) is 70.1 Å². The number of aromatic hydroxyl groups is 1. The number of halogens is 3. The molecule has 36 heavy (non-hydrogen) atoms. The van der Waals surface area contributed by atoms with Crippen molar-refractivity contribution in [1.29, 1.82) is 0 Å². The van der Waals surface area contributed by atoms with Crippen LogP contribution in [0.25, 0.3) is 0 Å².